The summed E-state index contributed by atoms with van der Waals surface area (Å²) in [5, 5.41) is 0. The summed E-state index contributed by atoms with van der Waals surface area (Å²) in [6, 6.07) is 0. The molecule has 0 saturated carbocycles. The number of rotatable bonds is 15. The van der Waals surface area contributed by atoms with Crippen LogP contribution in [0, 0.1) is 0 Å². The minimum atomic E-state index is -3.64. The molecular weight excluding hydrogens is 1450 g/mol. The van der Waals surface area contributed by atoms with E-state index in [9.17, 15) is 0 Å². The van der Waals surface area contributed by atoms with Gasteiger partial charge < -0.3 is 0 Å². The van der Waals surface area contributed by atoms with E-state index in [0.717, 1.165) is 0 Å². The maximum Gasteiger partial charge on any atom is 0.226 e. The lowest BCUT2D eigenvalue weighted by Gasteiger charge is -2.58. The Balaban J connectivity index is 7.74. The highest BCUT2D eigenvalue weighted by molar-refractivity contribution is 6.86. The van der Waals surface area contributed by atoms with Gasteiger partial charge in [-0.05, 0) is 0 Å². The number of hydrogen-bond donors (Lipinski definition) is 0. The monoisotopic (exact) mass is 1430 g/mol. The maximum absolute atomic E-state index is 6.54. The van der Waals surface area contributed by atoms with Gasteiger partial charge in [-0.2, -0.15) is 0 Å². The summed E-state index contributed by atoms with van der Waals surface area (Å²) < 4.78 is -54.0. The number of halogens is 35. The van der Waals surface area contributed by atoms with E-state index >= 15 is 0 Å². The first-order valence-electron chi connectivity index (χ1n) is 10.7. The fourth-order valence-electron chi connectivity index (χ4n) is 2.89. The summed E-state index contributed by atoms with van der Waals surface area (Å²) in [5.74, 6) is 0. The summed E-state index contributed by atoms with van der Waals surface area (Å²) >= 11 is 221. The normalized spacial score (nSPS) is 17.3. The van der Waals surface area contributed by atoms with Crippen LogP contribution in [0.3, 0.4) is 0 Å². The highest BCUT2D eigenvalue weighted by Gasteiger charge is 2.87. The predicted octanol–water partition coefficient (Wildman–Crippen LogP) is 20.8. The van der Waals surface area contributed by atoms with Crippen LogP contribution in [0.25, 0.3) is 0 Å². The zero-order chi connectivity index (χ0) is 43.6. The molecule has 314 valence electrons. The molecule has 0 aromatic carbocycles. The van der Waals surface area contributed by atoms with Crippen molar-refractivity contribution in [2.75, 3.05) is 0 Å². The van der Waals surface area contributed by atoms with E-state index in [0.29, 0.717) is 0 Å². The van der Waals surface area contributed by atoms with Gasteiger partial charge in [-0.3, -0.25) is 0 Å². The molecule has 0 N–H and O–H groups in total. The quantitative estimate of drug-likeness (QED) is 0.143. The molecule has 0 rings (SSSR count). The van der Waals surface area contributed by atoms with Crippen molar-refractivity contribution < 1.29 is 0 Å². The number of hydrogen-bond acceptors (Lipinski definition) is 0. The smallest absolute Gasteiger partial charge is 0.102 e. The fourth-order valence-corrected chi connectivity index (χ4v) is 14.6. The van der Waals surface area contributed by atoms with E-state index in [1.807, 2.05) is 0 Å². The average Bonchev–Trinajstić information content (AvgIpc) is 2.90. The molecule has 0 aromatic rings. The Morgan fingerprint density at radius 2 is 0.288 bits per heavy atom. The lowest BCUT2D eigenvalue weighted by atomic mass is 9.96. The SMILES string of the molecule is ClC(Cl)C(Cl)(Cl)C(Cl)(Cl)C(Cl)(Cl)C(Cl)(Cl)C(Cl)(Cl)C(Cl)(Cl)C(Cl)(Cl)C(Cl)(Cl)C(Cl)(Cl)C(Cl)(Cl)C(Cl)(Cl)C(Cl)(Cl)C(Cl)(Cl)C(Cl)(Cl)C(Cl)(Cl)C(Cl)(Cl)Cl. The van der Waals surface area contributed by atoms with Crippen LogP contribution in [-0.4, -0.2) is 73.6 Å². The van der Waals surface area contributed by atoms with Crippen molar-refractivity contribution in [1.29, 1.82) is 0 Å². The zero-order valence-corrected chi connectivity index (χ0v) is 48.3. The van der Waals surface area contributed by atoms with Crippen LogP contribution in [0.2, 0.25) is 0 Å². The molecule has 35 heteroatoms. The summed E-state index contributed by atoms with van der Waals surface area (Å²) in [7, 11) is 0. The van der Waals surface area contributed by atoms with Gasteiger partial charge >= 0.3 is 0 Å². The summed E-state index contributed by atoms with van der Waals surface area (Å²) in [6.45, 7) is 0. The molecule has 0 bridgehead atoms. The average molecular weight is 1450 g/mol. The first-order valence-corrected chi connectivity index (χ1v) is 24.1. The van der Waals surface area contributed by atoms with Gasteiger partial charge in [0.15, 0.2) is 60.7 Å². The molecule has 0 amide bonds. The molecule has 52 heavy (non-hydrogen) atoms. The third-order valence-electron chi connectivity index (χ3n) is 6.18. The fraction of sp³-hybridized carbons (Fsp3) is 1.00. The molecule has 0 saturated heterocycles. The lowest BCUT2D eigenvalue weighted by molar-refractivity contribution is 0.396. The van der Waals surface area contributed by atoms with Gasteiger partial charge in [0.25, 0.3) is 0 Å². The zero-order valence-electron chi connectivity index (χ0n) is 21.8. The van der Waals surface area contributed by atoms with E-state index in [2.05, 4.69) is 0 Å². The van der Waals surface area contributed by atoms with E-state index < -0.39 is 73.6 Å². The van der Waals surface area contributed by atoms with Crippen LogP contribution in [0.15, 0.2) is 0 Å². The topological polar surface area (TPSA) is 0 Å². The molecule has 0 nitrogen and oxygen atoms in total. The van der Waals surface area contributed by atoms with Gasteiger partial charge in [-0.25, -0.2) is 0 Å². The molecule has 0 heterocycles. The second-order valence-electron chi connectivity index (χ2n) is 9.46. The van der Waals surface area contributed by atoms with Crippen molar-refractivity contribution in [3.05, 3.63) is 0 Å². The molecule has 0 fully saturated rings. The largest absolute Gasteiger partial charge is 0.226 e. The van der Waals surface area contributed by atoms with Crippen molar-refractivity contribution >= 4 is 406 Å². The summed E-state index contributed by atoms with van der Waals surface area (Å²) in [6.07, 6.45) is 0. The Kier molecular flexibility index (Phi) is 22.2. The molecule has 0 unspecified atom stereocenters. The standard InChI is InChI=1S/C17HCl35/c18-1(19)2(20,21)3(22,23)4(24,25)5(26,27)6(28,29)7(30,31)8(32,33)9(34,35)10(36,37)11(38,39)12(40,41)13(42,43)14(44,45)15(46,47)16(48,49)17(50,51)52/h1H. The van der Waals surface area contributed by atoms with E-state index in [1.54, 1.807) is 0 Å². The summed E-state index contributed by atoms with van der Waals surface area (Å²) in [5.41, 5.74) is 0. The molecule has 0 aliphatic rings. The molecule has 0 aliphatic heterocycles. The van der Waals surface area contributed by atoms with Crippen LogP contribution < -0.4 is 0 Å². The molecule has 0 spiro atoms. The predicted molar refractivity (Wildman–Crippen MR) is 252 cm³/mol. The van der Waals surface area contributed by atoms with Gasteiger partial charge in [-0.1, -0.05) is 383 Å². The number of alkyl halides is 35. The van der Waals surface area contributed by atoms with Crippen LogP contribution in [0.4, 0.5) is 0 Å². The van der Waals surface area contributed by atoms with Crippen LogP contribution in [-0.2, 0) is 0 Å². The third-order valence-corrected chi connectivity index (χ3v) is 31.0. The minimum Gasteiger partial charge on any atom is -0.102 e. The van der Waals surface area contributed by atoms with Crippen molar-refractivity contribution in [3.63, 3.8) is 0 Å². The maximum atomic E-state index is 6.54. The van der Waals surface area contributed by atoms with Crippen molar-refractivity contribution in [3.8, 4) is 0 Å². The first kappa shape index (κ1) is 62.1. The Labute approximate surface area is 471 Å². The second-order valence-corrected chi connectivity index (χ2v) is 32.8. The van der Waals surface area contributed by atoms with Crippen LogP contribution in [0.1, 0.15) is 0 Å². The van der Waals surface area contributed by atoms with E-state index in [-0.39, 0.29) is 0 Å². The van der Waals surface area contributed by atoms with Crippen LogP contribution >= 0.6 is 406 Å². The molecule has 0 atom stereocenters. The Morgan fingerprint density at radius 1 is 0.173 bits per heavy atom. The van der Waals surface area contributed by atoms with Crippen molar-refractivity contribution in [1.82, 2.24) is 0 Å². The van der Waals surface area contributed by atoms with Gasteiger partial charge in [-0.15, -0.1) is 23.2 Å². The third kappa shape index (κ3) is 9.21. The Bertz CT molecular complexity index is 1290. The summed E-state index contributed by atoms with van der Waals surface area (Å²) in [4.78, 5) is -1.91. The minimum absolute atomic E-state index is 1.91. The van der Waals surface area contributed by atoms with Crippen molar-refractivity contribution in [2.24, 2.45) is 0 Å². The van der Waals surface area contributed by atoms with Crippen LogP contribution in [0.5, 0.6) is 0 Å². The first-order chi connectivity index (χ1) is 21.7. The van der Waals surface area contributed by atoms with Gasteiger partial charge in [0, 0.05) is 0 Å². The highest BCUT2D eigenvalue weighted by Crippen LogP contribution is 2.78. The van der Waals surface area contributed by atoms with Gasteiger partial charge in [0.05, 0.1) is 0 Å². The van der Waals surface area contributed by atoms with Gasteiger partial charge in [0.1, 0.15) is 4.84 Å². The van der Waals surface area contributed by atoms with Gasteiger partial charge in [0.2, 0.25) is 8.13 Å². The van der Waals surface area contributed by atoms with E-state index in [1.165, 1.54) is 0 Å². The second kappa shape index (κ2) is 18.6. The molecule has 0 radical (unpaired) electrons. The Hall–Kier alpha value is 10.1. The molecular formula is C17HCl35. The molecule has 0 aromatic heterocycles. The Morgan fingerprint density at radius 3 is 0.404 bits per heavy atom. The lowest BCUT2D eigenvalue weighted by Crippen LogP contribution is -2.75. The van der Waals surface area contributed by atoms with E-state index in [4.69, 9.17) is 406 Å². The van der Waals surface area contributed by atoms with Crippen molar-refractivity contribution in [2.45, 2.75) is 73.6 Å². The highest BCUT2D eigenvalue weighted by atomic mass is 35.6. The molecule has 0 aliphatic carbocycles.